The second kappa shape index (κ2) is 8.29. The van der Waals surface area contributed by atoms with Gasteiger partial charge >= 0.3 is 5.97 Å². The molecule has 1 N–H and O–H groups in total. The lowest BCUT2D eigenvalue weighted by Crippen LogP contribution is -2.10. The molecule has 1 aromatic rings. The summed E-state index contributed by atoms with van der Waals surface area (Å²) in [7, 11) is 0. The topological polar surface area (TPSA) is 73.3 Å². The van der Waals surface area contributed by atoms with Gasteiger partial charge in [0, 0.05) is 19.0 Å². The molecule has 0 unspecified atom stereocenters. The Morgan fingerprint density at radius 3 is 2.89 bits per heavy atom. The van der Waals surface area contributed by atoms with E-state index in [1.165, 1.54) is 6.33 Å². The number of nitrogens with one attached hydrogen (secondary N) is 1. The average molecular weight is 267 g/mol. The molecule has 0 saturated heterocycles. The van der Waals surface area contributed by atoms with E-state index in [4.69, 9.17) is 9.47 Å². The predicted molar refractivity (Wildman–Crippen MR) is 72.2 cm³/mol. The van der Waals surface area contributed by atoms with E-state index in [2.05, 4.69) is 15.3 Å². The van der Waals surface area contributed by atoms with Crippen LogP contribution in [0.3, 0.4) is 0 Å². The van der Waals surface area contributed by atoms with Crippen molar-refractivity contribution in [3.05, 3.63) is 12.4 Å². The summed E-state index contributed by atoms with van der Waals surface area (Å²) in [5.41, 5.74) is 0. The van der Waals surface area contributed by atoms with Crippen LogP contribution in [0.5, 0.6) is 5.88 Å². The predicted octanol–water partition coefficient (Wildman–Crippen LogP) is 2.02. The van der Waals surface area contributed by atoms with E-state index in [9.17, 15) is 4.79 Å². The highest BCUT2D eigenvalue weighted by atomic mass is 16.5. The fourth-order valence-corrected chi connectivity index (χ4v) is 1.42. The van der Waals surface area contributed by atoms with E-state index in [0.29, 0.717) is 37.7 Å². The summed E-state index contributed by atoms with van der Waals surface area (Å²) < 4.78 is 10.3. The van der Waals surface area contributed by atoms with Crippen LogP contribution in [0.25, 0.3) is 0 Å². The minimum absolute atomic E-state index is 0.0755. The molecule has 6 heteroatoms. The summed E-state index contributed by atoms with van der Waals surface area (Å²) >= 11 is 0. The smallest absolute Gasteiger partial charge is 0.305 e. The molecule has 6 nitrogen and oxygen atoms in total. The van der Waals surface area contributed by atoms with Crippen molar-refractivity contribution in [2.24, 2.45) is 0 Å². The summed E-state index contributed by atoms with van der Waals surface area (Å²) in [6, 6.07) is 1.74. The summed E-state index contributed by atoms with van der Waals surface area (Å²) in [5.74, 6) is 1.06. The molecule has 0 spiro atoms. The molecule has 0 aliphatic heterocycles. The Morgan fingerprint density at radius 2 is 2.21 bits per heavy atom. The molecule has 0 radical (unpaired) electrons. The molecule has 0 saturated carbocycles. The van der Waals surface area contributed by atoms with Crippen LogP contribution in [0.4, 0.5) is 5.82 Å². The molecular formula is C13H21N3O3. The van der Waals surface area contributed by atoms with Crippen molar-refractivity contribution in [3.63, 3.8) is 0 Å². The molecule has 0 amide bonds. The highest BCUT2D eigenvalue weighted by Crippen LogP contribution is 2.12. The third-order valence-electron chi connectivity index (χ3n) is 2.17. The second-order valence-corrected chi connectivity index (χ2v) is 4.24. The van der Waals surface area contributed by atoms with Crippen LogP contribution in [0.15, 0.2) is 12.4 Å². The van der Waals surface area contributed by atoms with Gasteiger partial charge in [-0.1, -0.05) is 0 Å². The lowest BCUT2D eigenvalue weighted by atomic mass is 10.3. The normalized spacial score (nSPS) is 10.3. The van der Waals surface area contributed by atoms with Gasteiger partial charge in [-0.15, -0.1) is 0 Å². The molecule has 0 aliphatic rings. The number of carbonyl (C=O) groups is 1. The third-order valence-corrected chi connectivity index (χ3v) is 2.17. The lowest BCUT2D eigenvalue weighted by molar-refractivity contribution is -0.143. The molecule has 1 aromatic heterocycles. The number of esters is 1. The van der Waals surface area contributed by atoms with Crippen LogP contribution in [0.2, 0.25) is 0 Å². The SMILES string of the molecule is CCOC(=O)CCCNc1cc(OC(C)C)ncn1. The van der Waals surface area contributed by atoms with Gasteiger partial charge in [0.15, 0.2) is 0 Å². The van der Waals surface area contributed by atoms with Crippen molar-refractivity contribution in [2.75, 3.05) is 18.5 Å². The van der Waals surface area contributed by atoms with Crippen molar-refractivity contribution >= 4 is 11.8 Å². The zero-order valence-corrected chi connectivity index (χ0v) is 11.7. The van der Waals surface area contributed by atoms with Gasteiger partial charge in [-0.25, -0.2) is 9.97 Å². The highest BCUT2D eigenvalue weighted by molar-refractivity contribution is 5.69. The molecule has 106 valence electrons. The van der Waals surface area contributed by atoms with Crippen LogP contribution in [-0.4, -0.2) is 35.2 Å². The van der Waals surface area contributed by atoms with Gasteiger partial charge < -0.3 is 14.8 Å². The monoisotopic (exact) mass is 267 g/mol. The Hall–Kier alpha value is -1.85. The number of nitrogens with zero attached hydrogens (tertiary/aromatic N) is 2. The largest absolute Gasteiger partial charge is 0.475 e. The van der Waals surface area contributed by atoms with Crippen LogP contribution < -0.4 is 10.1 Å². The number of anilines is 1. The maximum absolute atomic E-state index is 11.1. The van der Waals surface area contributed by atoms with Gasteiger partial charge in [-0.05, 0) is 27.2 Å². The van der Waals surface area contributed by atoms with Crippen LogP contribution >= 0.6 is 0 Å². The molecule has 0 atom stereocenters. The molecular weight excluding hydrogens is 246 g/mol. The standard InChI is InChI=1S/C13H21N3O3/c1-4-18-13(17)6-5-7-14-11-8-12(16-9-15-11)19-10(2)3/h8-10H,4-7H2,1-3H3,(H,14,15,16). The first-order valence-electron chi connectivity index (χ1n) is 6.50. The zero-order chi connectivity index (χ0) is 14.1. The van der Waals surface area contributed by atoms with Gasteiger partial charge in [0.25, 0.3) is 0 Å². The van der Waals surface area contributed by atoms with Gasteiger partial charge in [0.1, 0.15) is 12.1 Å². The van der Waals surface area contributed by atoms with Crippen molar-refractivity contribution in [1.82, 2.24) is 9.97 Å². The zero-order valence-electron chi connectivity index (χ0n) is 11.7. The molecule has 0 aliphatic carbocycles. The number of hydrogen-bond acceptors (Lipinski definition) is 6. The van der Waals surface area contributed by atoms with E-state index >= 15 is 0 Å². The first-order valence-corrected chi connectivity index (χ1v) is 6.50. The highest BCUT2D eigenvalue weighted by Gasteiger charge is 2.03. The van der Waals surface area contributed by atoms with E-state index in [1.54, 1.807) is 13.0 Å². The minimum atomic E-state index is -0.171. The summed E-state index contributed by atoms with van der Waals surface area (Å²) in [5, 5.41) is 3.12. The second-order valence-electron chi connectivity index (χ2n) is 4.24. The lowest BCUT2D eigenvalue weighted by Gasteiger charge is -2.10. The van der Waals surface area contributed by atoms with E-state index in [1.807, 2.05) is 13.8 Å². The first kappa shape index (κ1) is 15.2. The van der Waals surface area contributed by atoms with E-state index in [0.717, 1.165) is 0 Å². The molecule has 1 rings (SSSR count). The van der Waals surface area contributed by atoms with Crippen molar-refractivity contribution in [3.8, 4) is 5.88 Å². The number of ether oxygens (including phenoxy) is 2. The average Bonchev–Trinajstić information content (AvgIpc) is 2.35. The molecule has 0 aromatic carbocycles. The van der Waals surface area contributed by atoms with Crippen molar-refractivity contribution < 1.29 is 14.3 Å². The van der Waals surface area contributed by atoms with E-state index < -0.39 is 0 Å². The maximum Gasteiger partial charge on any atom is 0.305 e. The van der Waals surface area contributed by atoms with Crippen molar-refractivity contribution in [1.29, 1.82) is 0 Å². The number of hydrogen-bond donors (Lipinski definition) is 1. The van der Waals surface area contributed by atoms with Crippen LogP contribution in [0.1, 0.15) is 33.6 Å². The number of rotatable bonds is 8. The maximum atomic E-state index is 11.1. The fourth-order valence-electron chi connectivity index (χ4n) is 1.42. The molecule has 0 bridgehead atoms. The van der Waals surface area contributed by atoms with Gasteiger partial charge in [0.2, 0.25) is 5.88 Å². The van der Waals surface area contributed by atoms with Gasteiger partial charge in [-0.3, -0.25) is 4.79 Å². The first-order chi connectivity index (χ1) is 9.11. The third kappa shape index (κ3) is 6.59. The fraction of sp³-hybridized carbons (Fsp3) is 0.615. The molecule has 19 heavy (non-hydrogen) atoms. The summed E-state index contributed by atoms with van der Waals surface area (Å²) in [6.07, 6.45) is 2.63. The number of carbonyl (C=O) groups excluding carboxylic acids is 1. The molecule has 0 fully saturated rings. The Morgan fingerprint density at radius 1 is 1.42 bits per heavy atom. The quantitative estimate of drug-likeness (QED) is 0.574. The van der Waals surface area contributed by atoms with Crippen LogP contribution in [-0.2, 0) is 9.53 Å². The summed E-state index contributed by atoms with van der Waals surface area (Å²) in [4.78, 5) is 19.2. The van der Waals surface area contributed by atoms with Gasteiger partial charge in [0.05, 0.1) is 12.7 Å². The minimum Gasteiger partial charge on any atom is -0.475 e. The summed E-state index contributed by atoms with van der Waals surface area (Å²) in [6.45, 7) is 6.75. The molecule has 1 heterocycles. The Kier molecular flexibility index (Phi) is 6.63. The van der Waals surface area contributed by atoms with Crippen LogP contribution in [0, 0.1) is 0 Å². The van der Waals surface area contributed by atoms with Gasteiger partial charge in [-0.2, -0.15) is 0 Å². The number of aromatic nitrogens is 2. The van der Waals surface area contributed by atoms with E-state index in [-0.39, 0.29) is 12.1 Å². The Bertz CT molecular complexity index is 396. The Balaban J connectivity index is 2.31. The Labute approximate surface area is 113 Å². The van der Waals surface area contributed by atoms with Crippen molar-refractivity contribution in [2.45, 2.75) is 39.7 Å².